The Balaban J connectivity index is 1.69. The summed E-state index contributed by atoms with van der Waals surface area (Å²) in [5, 5.41) is 7.12. The third-order valence-corrected chi connectivity index (χ3v) is 4.92. The topological polar surface area (TPSA) is 56.1 Å². The molecule has 1 fully saturated rings. The van der Waals surface area contributed by atoms with Crippen LogP contribution in [-0.2, 0) is 16.1 Å². The predicted molar refractivity (Wildman–Crippen MR) is 92.2 cm³/mol. The lowest BCUT2D eigenvalue weighted by molar-refractivity contribution is -0.130. The number of hydrogen-bond donors (Lipinski definition) is 1. The molecule has 0 bridgehead atoms. The fourth-order valence-corrected chi connectivity index (χ4v) is 3.22. The molecule has 1 atom stereocenters. The molecule has 0 spiro atoms. The number of anilines is 1. The minimum atomic E-state index is -0.456. The number of rotatable bonds is 6. The molecule has 3 rings (SSSR count). The third-order valence-electron chi connectivity index (χ3n) is 4.34. The zero-order chi connectivity index (χ0) is 17.1. The number of carbonyl (C=O) groups is 1. The lowest BCUT2D eigenvalue weighted by Crippen LogP contribution is -2.39. The molecule has 1 unspecified atom stereocenters. The van der Waals surface area contributed by atoms with Crippen LogP contribution in [0.2, 0.25) is 0 Å². The Morgan fingerprint density at radius 2 is 2.25 bits per heavy atom. The molecule has 0 aliphatic heterocycles. The summed E-state index contributed by atoms with van der Waals surface area (Å²) < 4.78 is 21.3. The van der Waals surface area contributed by atoms with Crippen molar-refractivity contribution in [1.82, 2.24) is 9.78 Å². The van der Waals surface area contributed by atoms with Gasteiger partial charge in [0.15, 0.2) is 5.82 Å². The van der Waals surface area contributed by atoms with Gasteiger partial charge >= 0.3 is 0 Å². The first-order chi connectivity index (χ1) is 11.6. The predicted octanol–water partition coefficient (Wildman–Crippen LogP) is 3.59. The summed E-state index contributed by atoms with van der Waals surface area (Å²) in [6.45, 7) is 0.289. The first kappa shape index (κ1) is 17.1. The average molecular weight is 396 g/mol. The standard InChI is InChI=1S/C17H19BrFN3O2/c1-24-15(11-6-4-7-11)17(23)20-16-13(18)10-22(21-16)9-12-5-2-3-8-14(12)19/h2-3,5,8,10-11,15H,4,6-7,9H2,1H3,(H,20,21,23). The molecule has 128 valence electrons. The summed E-state index contributed by atoms with van der Waals surface area (Å²) in [5.74, 6) is 0.213. The highest BCUT2D eigenvalue weighted by molar-refractivity contribution is 9.10. The van der Waals surface area contributed by atoms with Crippen LogP contribution < -0.4 is 5.32 Å². The maximum absolute atomic E-state index is 13.7. The number of benzene rings is 1. The summed E-state index contributed by atoms with van der Waals surface area (Å²) in [5.41, 5.74) is 0.537. The highest BCUT2D eigenvalue weighted by Crippen LogP contribution is 2.32. The van der Waals surface area contributed by atoms with Gasteiger partial charge in [-0.05, 0) is 40.8 Å². The van der Waals surface area contributed by atoms with Gasteiger partial charge in [-0.2, -0.15) is 5.10 Å². The molecule has 24 heavy (non-hydrogen) atoms. The Morgan fingerprint density at radius 3 is 2.88 bits per heavy atom. The van der Waals surface area contributed by atoms with Gasteiger partial charge in [0.2, 0.25) is 0 Å². The van der Waals surface area contributed by atoms with Crippen LogP contribution in [0.15, 0.2) is 34.9 Å². The Kier molecular flexibility index (Phi) is 5.30. The molecule has 1 aromatic carbocycles. The zero-order valence-electron chi connectivity index (χ0n) is 13.3. The number of carbonyl (C=O) groups excluding carboxylic acids is 1. The highest BCUT2D eigenvalue weighted by Gasteiger charge is 2.33. The number of halogens is 2. The second kappa shape index (κ2) is 7.44. The molecule has 5 nitrogen and oxygen atoms in total. The molecule has 1 aliphatic rings. The van der Waals surface area contributed by atoms with Gasteiger partial charge in [0.25, 0.3) is 5.91 Å². The first-order valence-electron chi connectivity index (χ1n) is 7.88. The van der Waals surface area contributed by atoms with Crippen molar-refractivity contribution in [3.63, 3.8) is 0 Å². The summed E-state index contributed by atoms with van der Waals surface area (Å²) in [6, 6.07) is 6.55. The molecule has 1 N–H and O–H groups in total. The minimum Gasteiger partial charge on any atom is -0.371 e. The van der Waals surface area contributed by atoms with Crippen LogP contribution in [0.5, 0.6) is 0 Å². The number of ether oxygens (including phenoxy) is 1. The monoisotopic (exact) mass is 395 g/mol. The molecule has 0 radical (unpaired) electrons. The molecule has 1 amide bonds. The SMILES string of the molecule is COC(C(=O)Nc1nn(Cc2ccccc2F)cc1Br)C1CCC1. The Morgan fingerprint density at radius 1 is 1.50 bits per heavy atom. The first-order valence-corrected chi connectivity index (χ1v) is 8.68. The molecule has 1 aliphatic carbocycles. The second-order valence-electron chi connectivity index (χ2n) is 5.95. The third kappa shape index (κ3) is 3.67. The second-order valence-corrected chi connectivity index (χ2v) is 6.81. The van der Waals surface area contributed by atoms with Gasteiger partial charge in [-0.3, -0.25) is 9.48 Å². The highest BCUT2D eigenvalue weighted by atomic mass is 79.9. The van der Waals surface area contributed by atoms with Crippen molar-refractivity contribution in [3.05, 3.63) is 46.3 Å². The van der Waals surface area contributed by atoms with Crippen molar-refractivity contribution in [2.24, 2.45) is 5.92 Å². The fraction of sp³-hybridized carbons (Fsp3) is 0.412. The summed E-state index contributed by atoms with van der Waals surface area (Å²) in [7, 11) is 1.55. The van der Waals surface area contributed by atoms with Crippen LogP contribution in [0.1, 0.15) is 24.8 Å². The minimum absolute atomic E-state index is 0.195. The smallest absolute Gasteiger partial charge is 0.255 e. The van der Waals surface area contributed by atoms with E-state index in [1.807, 2.05) is 0 Å². The van der Waals surface area contributed by atoms with Crippen LogP contribution in [0, 0.1) is 11.7 Å². The van der Waals surface area contributed by atoms with Crippen molar-refractivity contribution in [2.45, 2.75) is 31.9 Å². The van der Waals surface area contributed by atoms with Crippen molar-refractivity contribution in [2.75, 3.05) is 12.4 Å². The quantitative estimate of drug-likeness (QED) is 0.812. The van der Waals surface area contributed by atoms with E-state index in [0.29, 0.717) is 15.9 Å². The largest absolute Gasteiger partial charge is 0.371 e. The lowest BCUT2D eigenvalue weighted by atomic mass is 9.81. The van der Waals surface area contributed by atoms with Crippen LogP contribution in [-0.4, -0.2) is 28.9 Å². The van der Waals surface area contributed by atoms with Gasteiger partial charge in [0, 0.05) is 18.9 Å². The summed E-state index contributed by atoms with van der Waals surface area (Å²) >= 11 is 3.38. The van der Waals surface area contributed by atoms with Gasteiger partial charge in [-0.1, -0.05) is 24.6 Å². The number of amides is 1. The van der Waals surface area contributed by atoms with E-state index in [1.54, 1.807) is 36.2 Å². The van der Waals surface area contributed by atoms with Gasteiger partial charge in [-0.15, -0.1) is 0 Å². The van der Waals surface area contributed by atoms with Crippen molar-refractivity contribution in [1.29, 1.82) is 0 Å². The number of aromatic nitrogens is 2. The van der Waals surface area contributed by atoms with E-state index in [0.717, 1.165) is 19.3 Å². The van der Waals surface area contributed by atoms with E-state index < -0.39 is 6.10 Å². The Bertz CT molecular complexity index is 730. The number of hydrogen-bond acceptors (Lipinski definition) is 3. The Labute approximate surface area is 148 Å². The van der Waals surface area contributed by atoms with E-state index in [2.05, 4.69) is 26.3 Å². The van der Waals surface area contributed by atoms with E-state index in [1.165, 1.54) is 6.07 Å². The van der Waals surface area contributed by atoms with Gasteiger partial charge < -0.3 is 10.1 Å². The van der Waals surface area contributed by atoms with Crippen LogP contribution in [0.3, 0.4) is 0 Å². The number of nitrogens with one attached hydrogen (secondary N) is 1. The van der Waals surface area contributed by atoms with Gasteiger partial charge in [0.05, 0.1) is 11.0 Å². The van der Waals surface area contributed by atoms with E-state index in [-0.39, 0.29) is 24.2 Å². The van der Waals surface area contributed by atoms with Gasteiger partial charge in [-0.25, -0.2) is 4.39 Å². The van der Waals surface area contributed by atoms with Crippen LogP contribution in [0.4, 0.5) is 10.2 Å². The Hall–Kier alpha value is -1.73. The molecule has 1 heterocycles. The molecular formula is C17H19BrFN3O2. The fourth-order valence-electron chi connectivity index (χ4n) is 2.81. The van der Waals surface area contributed by atoms with E-state index in [9.17, 15) is 9.18 Å². The van der Waals surface area contributed by atoms with Crippen LogP contribution in [0.25, 0.3) is 0 Å². The maximum Gasteiger partial charge on any atom is 0.255 e. The van der Waals surface area contributed by atoms with Crippen molar-refractivity contribution < 1.29 is 13.9 Å². The van der Waals surface area contributed by atoms with Gasteiger partial charge in [0.1, 0.15) is 11.9 Å². The maximum atomic E-state index is 13.7. The molecule has 2 aromatic rings. The number of methoxy groups -OCH3 is 1. The normalized spacial score (nSPS) is 15.8. The number of nitrogens with zero attached hydrogens (tertiary/aromatic N) is 2. The molecule has 1 saturated carbocycles. The van der Waals surface area contributed by atoms with Crippen molar-refractivity contribution >= 4 is 27.7 Å². The molecule has 1 aromatic heterocycles. The van der Waals surface area contributed by atoms with E-state index >= 15 is 0 Å². The van der Waals surface area contributed by atoms with E-state index in [4.69, 9.17) is 4.74 Å². The molecule has 7 heteroatoms. The van der Waals surface area contributed by atoms with Crippen LogP contribution >= 0.6 is 15.9 Å². The molecular weight excluding hydrogens is 377 g/mol. The van der Waals surface area contributed by atoms with Crippen molar-refractivity contribution in [3.8, 4) is 0 Å². The lowest BCUT2D eigenvalue weighted by Gasteiger charge is -2.31. The molecule has 0 saturated heterocycles. The summed E-state index contributed by atoms with van der Waals surface area (Å²) in [6.07, 6.45) is 4.41. The summed E-state index contributed by atoms with van der Waals surface area (Å²) in [4.78, 5) is 12.4. The zero-order valence-corrected chi connectivity index (χ0v) is 14.9. The average Bonchev–Trinajstić information content (AvgIpc) is 2.84.